The van der Waals surface area contributed by atoms with Gasteiger partial charge in [-0.05, 0) is 31.9 Å². The third kappa shape index (κ3) is 8.53. The second kappa shape index (κ2) is 16.2. The van der Waals surface area contributed by atoms with Crippen LogP contribution in [0.25, 0.3) is 0 Å². The number of carbonyl (C=O) groups excluding carboxylic acids is 5. The molecular formula is C27H36N4O13S2. The summed E-state index contributed by atoms with van der Waals surface area (Å²) < 4.78 is 58.0. The molecule has 0 bridgehead atoms. The molecule has 46 heavy (non-hydrogen) atoms. The highest BCUT2D eigenvalue weighted by molar-refractivity contribution is 8.00. The van der Waals surface area contributed by atoms with Crippen molar-refractivity contribution in [2.45, 2.75) is 48.2 Å². The number of nitrogens with one attached hydrogen (secondary N) is 2. The van der Waals surface area contributed by atoms with Gasteiger partial charge in [0.25, 0.3) is 11.6 Å². The number of nitrogens with zero attached hydrogens (tertiary/aromatic N) is 1. The Morgan fingerprint density at radius 2 is 1.72 bits per heavy atom. The van der Waals surface area contributed by atoms with Gasteiger partial charge in [0.15, 0.2) is 13.6 Å². The van der Waals surface area contributed by atoms with Gasteiger partial charge in [-0.15, -0.1) is 11.8 Å². The molecule has 0 radical (unpaired) electrons. The van der Waals surface area contributed by atoms with Crippen molar-refractivity contribution in [3.63, 3.8) is 0 Å². The fourth-order valence-corrected chi connectivity index (χ4v) is 7.17. The lowest BCUT2D eigenvalue weighted by atomic mass is 9.97. The first kappa shape index (κ1) is 36.7. The number of hydrogen-bond donors (Lipinski definition) is 3. The van der Waals surface area contributed by atoms with Crippen molar-refractivity contribution < 1.29 is 60.8 Å². The molecule has 1 aromatic carbocycles. The highest BCUT2D eigenvalue weighted by Crippen LogP contribution is 2.47. The van der Waals surface area contributed by atoms with Crippen molar-refractivity contribution in [2.75, 3.05) is 47.3 Å². The topological polar surface area (TPSA) is 228 Å². The van der Waals surface area contributed by atoms with E-state index in [1.54, 1.807) is 19.1 Å². The van der Waals surface area contributed by atoms with Crippen LogP contribution in [-0.4, -0.2) is 108 Å². The Labute approximate surface area is 269 Å². The third-order valence-corrected chi connectivity index (χ3v) is 9.64. The molecule has 2 aliphatic heterocycles. The summed E-state index contributed by atoms with van der Waals surface area (Å²) in [6.45, 7) is 0.576. The molecule has 1 aromatic rings. The molecular weight excluding hydrogens is 652 g/mol. The van der Waals surface area contributed by atoms with E-state index in [1.165, 1.54) is 33.5 Å². The molecule has 1 fully saturated rings. The fourth-order valence-electron chi connectivity index (χ4n) is 4.53. The number of methoxy groups -OCH3 is 3. The van der Waals surface area contributed by atoms with Gasteiger partial charge in [-0.3, -0.25) is 19.3 Å². The van der Waals surface area contributed by atoms with Crippen molar-refractivity contribution in [2.24, 2.45) is 5.73 Å². The standard InChI is InChI=1S/C27H36N4O13S2/c1-16-8-10-18(11-9-16)46(37,38)30-19(22(33)43-14-39-2)6-5-7-20(32)29-27(41-4)24(35)31-21(23(34)44-15-40-3)17(12-42-26(28)36)13-45-25(27)31/h8-11,19,25,30H,5-7,12-15H2,1-4H3,(H2,28,36)(H,29,32). The largest absolute Gasteiger partial charge is 0.445 e. The molecule has 3 amide bonds. The van der Waals surface area contributed by atoms with E-state index in [-0.39, 0.29) is 47.8 Å². The molecule has 2 heterocycles. The van der Waals surface area contributed by atoms with E-state index in [0.717, 1.165) is 22.2 Å². The molecule has 3 atom stereocenters. The summed E-state index contributed by atoms with van der Waals surface area (Å²) >= 11 is 1.13. The Balaban J connectivity index is 1.70. The summed E-state index contributed by atoms with van der Waals surface area (Å²) in [7, 11) is -0.337. The van der Waals surface area contributed by atoms with E-state index in [1.807, 2.05) is 0 Å². The summed E-state index contributed by atoms with van der Waals surface area (Å²) in [6, 6.07) is 4.63. The normalized spacial score (nSPS) is 19.9. The number of nitrogens with two attached hydrogens (primary N) is 1. The second-order valence-electron chi connectivity index (χ2n) is 9.97. The Bertz CT molecular complexity index is 1450. The van der Waals surface area contributed by atoms with E-state index in [2.05, 4.69) is 10.0 Å². The lowest BCUT2D eigenvalue weighted by Crippen LogP contribution is -2.80. The number of carbonyl (C=O) groups is 5. The van der Waals surface area contributed by atoms with Crippen LogP contribution in [0.15, 0.2) is 40.4 Å². The lowest BCUT2D eigenvalue weighted by Gasteiger charge is -2.55. The number of sulfonamides is 1. The van der Waals surface area contributed by atoms with Crippen LogP contribution in [0, 0.1) is 6.92 Å². The number of aryl methyl sites for hydroxylation is 1. The second-order valence-corrected chi connectivity index (χ2v) is 12.8. The average Bonchev–Trinajstić information content (AvgIpc) is 3.02. The van der Waals surface area contributed by atoms with Gasteiger partial charge in [0.1, 0.15) is 23.7 Å². The maximum Gasteiger partial charge on any atom is 0.404 e. The van der Waals surface area contributed by atoms with Crippen molar-refractivity contribution in [3.8, 4) is 0 Å². The van der Waals surface area contributed by atoms with E-state index >= 15 is 0 Å². The van der Waals surface area contributed by atoms with Crippen LogP contribution < -0.4 is 15.8 Å². The number of rotatable bonds is 17. The van der Waals surface area contributed by atoms with E-state index in [0.29, 0.717) is 0 Å². The number of amides is 3. The van der Waals surface area contributed by atoms with Crippen LogP contribution in [0.1, 0.15) is 24.8 Å². The number of fused-ring (bicyclic) bond motifs is 1. The molecule has 3 rings (SSSR count). The Hall–Kier alpha value is -3.75. The predicted molar refractivity (Wildman–Crippen MR) is 159 cm³/mol. The summed E-state index contributed by atoms with van der Waals surface area (Å²) in [5.74, 6) is -3.21. The molecule has 0 aliphatic carbocycles. The minimum atomic E-state index is -4.13. The van der Waals surface area contributed by atoms with Crippen LogP contribution in [0.2, 0.25) is 0 Å². The number of thioether (sulfide) groups is 1. The summed E-state index contributed by atoms with van der Waals surface area (Å²) in [5, 5.41) is 1.65. The van der Waals surface area contributed by atoms with Crippen molar-refractivity contribution in [1.82, 2.24) is 14.9 Å². The number of benzene rings is 1. The monoisotopic (exact) mass is 688 g/mol. The van der Waals surface area contributed by atoms with Gasteiger partial charge in [-0.2, -0.15) is 4.72 Å². The Kier molecular flexibility index (Phi) is 12.9. The molecule has 0 aromatic heterocycles. The van der Waals surface area contributed by atoms with Gasteiger partial charge in [0.05, 0.1) is 4.90 Å². The first-order chi connectivity index (χ1) is 21.8. The van der Waals surface area contributed by atoms with Crippen LogP contribution in [0.3, 0.4) is 0 Å². The van der Waals surface area contributed by atoms with Gasteiger partial charge < -0.3 is 39.5 Å². The summed E-state index contributed by atoms with van der Waals surface area (Å²) in [5.41, 5.74) is 4.06. The van der Waals surface area contributed by atoms with E-state index in [4.69, 9.17) is 34.2 Å². The zero-order chi connectivity index (χ0) is 34.1. The molecule has 1 saturated heterocycles. The molecule has 17 nitrogen and oxygen atoms in total. The van der Waals surface area contributed by atoms with E-state index < -0.39 is 70.6 Å². The highest BCUT2D eigenvalue weighted by atomic mass is 32.2. The Morgan fingerprint density at radius 3 is 2.33 bits per heavy atom. The average molecular weight is 689 g/mol. The van der Waals surface area contributed by atoms with Gasteiger partial charge in [-0.1, -0.05) is 17.7 Å². The molecule has 2 aliphatic rings. The Morgan fingerprint density at radius 1 is 1.07 bits per heavy atom. The molecule has 0 spiro atoms. The minimum absolute atomic E-state index is 0.00634. The van der Waals surface area contributed by atoms with Gasteiger partial charge in [-0.25, -0.2) is 18.0 Å². The van der Waals surface area contributed by atoms with Crippen LogP contribution in [0.4, 0.5) is 4.79 Å². The maximum absolute atomic E-state index is 13.5. The third-order valence-electron chi connectivity index (χ3n) is 6.78. The number of ether oxygens (including phenoxy) is 6. The number of esters is 2. The molecule has 3 unspecified atom stereocenters. The summed E-state index contributed by atoms with van der Waals surface area (Å²) in [4.78, 5) is 64.2. The number of β-lactam (4-membered cyclic amide) rings is 1. The first-order valence-corrected chi connectivity index (χ1v) is 16.2. The predicted octanol–water partition coefficient (Wildman–Crippen LogP) is -0.170. The lowest BCUT2D eigenvalue weighted by molar-refractivity contribution is -0.193. The number of primary amides is 1. The summed E-state index contributed by atoms with van der Waals surface area (Å²) in [6.07, 6.45) is -1.48. The zero-order valence-electron chi connectivity index (χ0n) is 25.6. The fraction of sp³-hybridized carbons (Fsp3) is 0.519. The van der Waals surface area contributed by atoms with Gasteiger partial charge in [0.2, 0.25) is 15.9 Å². The zero-order valence-corrected chi connectivity index (χ0v) is 27.2. The SMILES string of the molecule is COCOC(=O)C1=C(COC(N)=O)CSC2N1C(=O)C2(NC(=O)CCCC(NS(=O)(=O)c1ccc(C)cc1)C(=O)OCOC)OC. The highest BCUT2D eigenvalue weighted by Gasteiger charge is 2.66. The molecule has 4 N–H and O–H groups in total. The van der Waals surface area contributed by atoms with Gasteiger partial charge in [0, 0.05) is 39.1 Å². The molecule has 254 valence electrons. The molecule has 19 heteroatoms. The first-order valence-electron chi connectivity index (χ1n) is 13.7. The van der Waals surface area contributed by atoms with Crippen molar-refractivity contribution in [1.29, 1.82) is 0 Å². The molecule has 0 saturated carbocycles. The van der Waals surface area contributed by atoms with Gasteiger partial charge >= 0.3 is 18.0 Å². The van der Waals surface area contributed by atoms with Crippen molar-refractivity contribution >= 4 is 51.6 Å². The smallest absolute Gasteiger partial charge is 0.404 e. The van der Waals surface area contributed by atoms with Crippen LogP contribution in [0.5, 0.6) is 0 Å². The number of hydrogen-bond acceptors (Lipinski definition) is 14. The van der Waals surface area contributed by atoms with E-state index in [9.17, 15) is 32.4 Å². The minimum Gasteiger partial charge on any atom is -0.445 e. The van der Waals surface area contributed by atoms with Crippen molar-refractivity contribution in [3.05, 3.63) is 41.1 Å². The quantitative estimate of drug-likeness (QED) is 0.0836. The van der Waals surface area contributed by atoms with Crippen LogP contribution in [-0.2, 0) is 57.6 Å². The van der Waals surface area contributed by atoms with Crippen LogP contribution >= 0.6 is 11.8 Å². The maximum atomic E-state index is 13.5.